The van der Waals surface area contributed by atoms with Crippen molar-refractivity contribution < 1.29 is 9.62 Å². The van der Waals surface area contributed by atoms with E-state index in [2.05, 4.69) is 17.4 Å². The average Bonchev–Trinajstić information content (AvgIpc) is 2.80. The Labute approximate surface area is 95.3 Å². The predicted octanol–water partition coefficient (Wildman–Crippen LogP) is 1.33. The molecule has 0 amide bonds. The first-order valence-electron chi connectivity index (χ1n) is 5.48. The summed E-state index contributed by atoms with van der Waals surface area (Å²) in [5.41, 5.74) is 5.46. The Balaban J connectivity index is 2.23. The molecule has 0 saturated heterocycles. The minimum absolute atomic E-state index is 0.242. The fourth-order valence-electron chi connectivity index (χ4n) is 1.51. The van der Waals surface area contributed by atoms with Crippen LogP contribution in [0.25, 0.3) is 0 Å². The van der Waals surface area contributed by atoms with E-state index < -0.39 is 0 Å². The van der Waals surface area contributed by atoms with Crippen LogP contribution in [0.4, 0.5) is 0 Å². The molecule has 0 bridgehead atoms. The Morgan fingerprint density at radius 1 is 1.69 bits per heavy atom. The number of hydrogen-bond donors (Lipinski definition) is 3. The monoisotopic (exact) mass is 225 g/mol. The van der Waals surface area contributed by atoms with Crippen LogP contribution in [0.5, 0.6) is 0 Å². The zero-order valence-corrected chi connectivity index (χ0v) is 9.52. The first-order chi connectivity index (χ1) is 7.76. The second kappa shape index (κ2) is 6.90. The van der Waals surface area contributed by atoms with E-state index in [-0.39, 0.29) is 11.9 Å². The molecular formula is C11H19N3O2. The Hall–Kier alpha value is -1.49. The molecule has 0 spiro atoms. The van der Waals surface area contributed by atoms with Gasteiger partial charge in [-0.15, -0.1) is 0 Å². The van der Waals surface area contributed by atoms with Gasteiger partial charge in [-0.2, -0.15) is 0 Å². The summed E-state index contributed by atoms with van der Waals surface area (Å²) in [4.78, 5) is 0. The summed E-state index contributed by atoms with van der Waals surface area (Å²) in [5.74, 6) is 1.23. The van der Waals surface area contributed by atoms with Crippen molar-refractivity contribution in [2.45, 2.75) is 32.2 Å². The van der Waals surface area contributed by atoms with Gasteiger partial charge in [-0.1, -0.05) is 12.1 Å². The van der Waals surface area contributed by atoms with Gasteiger partial charge >= 0.3 is 0 Å². The molecule has 1 aromatic rings. The number of nitrogens with two attached hydrogens (primary N) is 1. The lowest BCUT2D eigenvalue weighted by Gasteiger charge is -2.15. The third-order valence-corrected chi connectivity index (χ3v) is 2.46. The zero-order valence-electron chi connectivity index (χ0n) is 9.52. The number of hydrogen-bond acceptors (Lipinski definition) is 4. The highest BCUT2D eigenvalue weighted by molar-refractivity contribution is 5.80. The Kier molecular flexibility index (Phi) is 5.42. The van der Waals surface area contributed by atoms with Crippen LogP contribution in [0, 0.1) is 0 Å². The number of nitrogens with zero attached hydrogens (tertiary/aromatic N) is 1. The molecule has 1 rings (SSSR count). The highest BCUT2D eigenvalue weighted by Crippen LogP contribution is 2.02. The number of rotatable bonds is 7. The van der Waals surface area contributed by atoms with Gasteiger partial charge < -0.3 is 20.7 Å². The van der Waals surface area contributed by atoms with E-state index in [0.29, 0.717) is 6.42 Å². The van der Waals surface area contributed by atoms with E-state index in [1.807, 2.05) is 12.1 Å². The van der Waals surface area contributed by atoms with E-state index >= 15 is 0 Å². The van der Waals surface area contributed by atoms with Crippen molar-refractivity contribution >= 4 is 5.84 Å². The van der Waals surface area contributed by atoms with E-state index in [4.69, 9.17) is 15.4 Å². The topological polar surface area (TPSA) is 83.8 Å². The quantitative estimate of drug-likeness (QED) is 0.283. The number of oxime groups is 1. The van der Waals surface area contributed by atoms with Crippen molar-refractivity contribution in [1.29, 1.82) is 0 Å². The fourth-order valence-corrected chi connectivity index (χ4v) is 1.51. The average molecular weight is 225 g/mol. The fraction of sp³-hybridized carbons (Fsp3) is 0.545. The summed E-state index contributed by atoms with van der Waals surface area (Å²) in [6.45, 7) is 2.89. The second-order valence-electron chi connectivity index (χ2n) is 3.68. The largest absolute Gasteiger partial charge is 0.469 e. The summed E-state index contributed by atoms with van der Waals surface area (Å²) < 4.78 is 5.22. The van der Waals surface area contributed by atoms with Gasteiger partial charge in [0.2, 0.25) is 0 Å². The molecule has 0 aromatic carbocycles. The molecule has 0 saturated carbocycles. The highest BCUT2D eigenvalue weighted by atomic mass is 16.4. The molecule has 90 valence electrons. The maximum absolute atomic E-state index is 8.48. The van der Waals surface area contributed by atoms with Crippen LogP contribution in [0.1, 0.15) is 25.5 Å². The van der Waals surface area contributed by atoms with Crippen LogP contribution in [0.2, 0.25) is 0 Å². The van der Waals surface area contributed by atoms with Crippen LogP contribution >= 0.6 is 0 Å². The van der Waals surface area contributed by atoms with Crippen molar-refractivity contribution in [1.82, 2.24) is 5.32 Å². The van der Waals surface area contributed by atoms with E-state index in [9.17, 15) is 0 Å². The van der Waals surface area contributed by atoms with Crippen molar-refractivity contribution in [3.63, 3.8) is 0 Å². The molecule has 5 nitrogen and oxygen atoms in total. The van der Waals surface area contributed by atoms with Gasteiger partial charge in [-0.3, -0.25) is 0 Å². The molecular weight excluding hydrogens is 206 g/mol. The molecule has 0 aliphatic carbocycles. The van der Waals surface area contributed by atoms with E-state index in [1.54, 1.807) is 6.26 Å². The van der Waals surface area contributed by atoms with Crippen molar-refractivity contribution in [3.05, 3.63) is 24.2 Å². The van der Waals surface area contributed by atoms with Crippen molar-refractivity contribution in [2.75, 3.05) is 6.54 Å². The first kappa shape index (κ1) is 12.6. The molecule has 1 unspecified atom stereocenters. The summed E-state index contributed by atoms with van der Waals surface area (Å²) in [5, 5.41) is 14.8. The van der Waals surface area contributed by atoms with Gasteiger partial charge in [-0.05, 0) is 18.6 Å². The minimum Gasteiger partial charge on any atom is -0.469 e. The molecule has 1 aromatic heterocycles. The molecule has 0 aliphatic heterocycles. The normalized spacial score (nSPS) is 13.9. The van der Waals surface area contributed by atoms with Crippen LogP contribution in [-0.2, 0) is 6.42 Å². The minimum atomic E-state index is 0.242. The highest BCUT2D eigenvalue weighted by Gasteiger charge is 2.08. The lowest BCUT2D eigenvalue weighted by atomic mass is 10.1. The molecule has 0 fully saturated rings. The van der Waals surface area contributed by atoms with Gasteiger partial charge in [0, 0.05) is 25.4 Å². The third-order valence-electron chi connectivity index (χ3n) is 2.46. The molecule has 0 aliphatic rings. The molecule has 5 heteroatoms. The molecule has 16 heavy (non-hydrogen) atoms. The van der Waals surface area contributed by atoms with Crippen LogP contribution in [0.15, 0.2) is 28.0 Å². The zero-order chi connectivity index (χ0) is 11.8. The SMILES string of the molecule is CCC(CC(N)=NO)NCCc1ccco1. The summed E-state index contributed by atoms with van der Waals surface area (Å²) in [7, 11) is 0. The Morgan fingerprint density at radius 2 is 2.50 bits per heavy atom. The summed E-state index contributed by atoms with van der Waals surface area (Å²) in [6, 6.07) is 4.07. The molecule has 1 heterocycles. The lowest BCUT2D eigenvalue weighted by molar-refractivity contribution is 0.315. The van der Waals surface area contributed by atoms with Gasteiger partial charge in [0.05, 0.1) is 6.26 Å². The van der Waals surface area contributed by atoms with Gasteiger partial charge in [0.15, 0.2) is 0 Å². The van der Waals surface area contributed by atoms with E-state index in [1.165, 1.54) is 0 Å². The number of nitrogens with one attached hydrogen (secondary N) is 1. The third kappa shape index (κ3) is 4.35. The van der Waals surface area contributed by atoms with Gasteiger partial charge in [-0.25, -0.2) is 0 Å². The van der Waals surface area contributed by atoms with Gasteiger partial charge in [0.1, 0.15) is 11.6 Å². The standard InChI is InChI=1S/C11H19N3O2/c1-2-9(8-11(12)14-15)13-6-5-10-4-3-7-16-10/h3-4,7,9,13,15H,2,5-6,8H2,1H3,(H2,12,14). The number of furan rings is 1. The van der Waals surface area contributed by atoms with Crippen molar-refractivity contribution in [3.8, 4) is 0 Å². The number of amidine groups is 1. The Bertz CT molecular complexity index is 309. The first-order valence-corrected chi connectivity index (χ1v) is 5.48. The summed E-state index contributed by atoms with van der Waals surface area (Å²) in [6.07, 6.45) is 4.02. The van der Waals surface area contributed by atoms with Crippen LogP contribution < -0.4 is 11.1 Å². The van der Waals surface area contributed by atoms with Crippen molar-refractivity contribution in [2.24, 2.45) is 10.9 Å². The van der Waals surface area contributed by atoms with Gasteiger partial charge in [0.25, 0.3) is 0 Å². The maximum Gasteiger partial charge on any atom is 0.140 e. The smallest absolute Gasteiger partial charge is 0.140 e. The van der Waals surface area contributed by atoms with Crippen LogP contribution in [-0.4, -0.2) is 23.6 Å². The second-order valence-corrected chi connectivity index (χ2v) is 3.68. The van der Waals surface area contributed by atoms with E-state index in [0.717, 1.165) is 25.1 Å². The molecule has 1 atom stereocenters. The Morgan fingerprint density at radius 3 is 3.06 bits per heavy atom. The lowest BCUT2D eigenvalue weighted by Crippen LogP contribution is -2.34. The summed E-state index contributed by atoms with van der Waals surface area (Å²) >= 11 is 0. The predicted molar refractivity (Wildman–Crippen MR) is 62.5 cm³/mol. The molecule has 4 N–H and O–H groups in total. The molecule has 0 radical (unpaired) electrons. The van der Waals surface area contributed by atoms with Crippen LogP contribution in [0.3, 0.4) is 0 Å². The maximum atomic E-state index is 8.48.